The van der Waals surface area contributed by atoms with E-state index in [4.69, 9.17) is 11.6 Å². The number of aromatic nitrogens is 2. The van der Waals surface area contributed by atoms with Crippen molar-refractivity contribution in [3.05, 3.63) is 17.5 Å². The van der Waals surface area contributed by atoms with Gasteiger partial charge < -0.3 is 0 Å². The van der Waals surface area contributed by atoms with Crippen LogP contribution in [0.2, 0.25) is 0 Å². The molecule has 0 aromatic carbocycles. The van der Waals surface area contributed by atoms with Gasteiger partial charge in [0.2, 0.25) is 0 Å². The van der Waals surface area contributed by atoms with Gasteiger partial charge in [-0.15, -0.1) is 11.6 Å². The van der Waals surface area contributed by atoms with E-state index in [1.165, 1.54) is 0 Å². The minimum atomic E-state index is 0.413. The Balaban J connectivity index is 2.91. The first-order valence-electron chi connectivity index (χ1n) is 4.73. The second-order valence-electron chi connectivity index (χ2n) is 3.50. The number of halogens is 1. The monoisotopic (exact) mass is 210 g/mol. The van der Waals surface area contributed by atoms with Crippen LogP contribution in [-0.2, 0) is 7.05 Å². The number of alkyl halides is 1. The van der Waals surface area contributed by atoms with Crippen LogP contribution in [0.25, 0.3) is 0 Å². The topological polar surface area (TPSA) is 17.8 Å². The highest BCUT2D eigenvalue weighted by Crippen LogP contribution is 2.15. The average molecular weight is 211 g/mol. The Labute approximate surface area is 90.3 Å². The quantitative estimate of drug-likeness (QED) is 0.542. The Hall–Kier alpha value is -0.940. The van der Waals surface area contributed by atoms with Crippen LogP contribution < -0.4 is 0 Å². The van der Waals surface area contributed by atoms with Crippen molar-refractivity contribution in [3.8, 4) is 11.8 Å². The van der Waals surface area contributed by atoms with E-state index in [0.717, 1.165) is 17.7 Å². The molecule has 0 amide bonds. The second-order valence-corrected chi connectivity index (χ2v) is 3.88. The minimum Gasteiger partial charge on any atom is -0.274 e. The zero-order valence-electron chi connectivity index (χ0n) is 8.84. The van der Waals surface area contributed by atoms with Crippen molar-refractivity contribution in [1.82, 2.24) is 9.78 Å². The Kier molecular flexibility index (Phi) is 4.03. The van der Waals surface area contributed by atoms with E-state index >= 15 is 0 Å². The Morgan fingerprint density at radius 1 is 1.57 bits per heavy atom. The van der Waals surface area contributed by atoms with Crippen LogP contribution in [0.5, 0.6) is 0 Å². The summed E-state index contributed by atoms with van der Waals surface area (Å²) in [6, 6.07) is 0. The summed E-state index contributed by atoms with van der Waals surface area (Å²) in [6.07, 6.45) is 2.69. The van der Waals surface area contributed by atoms with Gasteiger partial charge in [0.05, 0.1) is 11.3 Å². The van der Waals surface area contributed by atoms with Crippen LogP contribution in [0.1, 0.15) is 37.4 Å². The summed E-state index contributed by atoms with van der Waals surface area (Å²) >= 11 is 5.55. The lowest BCUT2D eigenvalue weighted by Gasteiger charge is -1.98. The van der Waals surface area contributed by atoms with Gasteiger partial charge in [0.25, 0.3) is 0 Å². The van der Waals surface area contributed by atoms with E-state index in [0.29, 0.717) is 11.8 Å². The lowest BCUT2D eigenvalue weighted by atomic mass is 10.1. The lowest BCUT2D eigenvalue weighted by Crippen LogP contribution is -1.93. The van der Waals surface area contributed by atoms with Crippen molar-refractivity contribution in [2.75, 3.05) is 5.88 Å². The van der Waals surface area contributed by atoms with E-state index in [2.05, 4.69) is 30.8 Å². The van der Waals surface area contributed by atoms with Crippen molar-refractivity contribution >= 4 is 11.6 Å². The SMILES string of the molecule is CC(C)c1nn(C)cc1C#CCCCl. The van der Waals surface area contributed by atoms with E-state index in [-0.39, 0.29) is 0 Å². The van der Waals surface area contributed by atoms with Crippen LogP contribution in [0.15, 0.2) is 6.20 Å². The van der Waals surface area contributed by atoms with Crippen LogP contribution in [0, 0.1) is 11.8 Å². The maximum atomic E-state index is 5.55. The van der Waals surface area contributed by atoms with Crippen molar-refractivity contribution in [1.29, 1.82) is 0 Å². The van der Waals surface area contributed by atoms with Gasteiger partial charge in [0, 0.05) is 25.5 Å². The van der Waals surface area contributed by atoms with E-state index < -0.39 is 0 Å². The largest absolute Gasteiger partial charge is 0.274 e. The summed E-state index contributed by atoms with van der Waals surface area (Å²) in [7, 11) is 1.92. The molecule has 1 rings (SSSR count). The zero-order chi connectivity index (χ0) is 10.6. The molecule has 0 fully saturated rings. The third-order valence-corrected chi connectivity index (χ3v) is 2.04. The predicted molar refractivity (Wildman–Crippen MR) is 59.5 cm³/mol. The molecule has 0 aliphatic heterocycles. The van der Waals surface area contributed by atoms with Crippen molar-refractivity contribution in [3.63, 3.8) is 0 Å². The second kappa shape index (κ2) is 5.07. The van der Waals surface area contributed by atoms with E-state index in [1.54, 1.807) is 4.68 Å². The number of rotatable bonds is 2. The van der Waals surface area contributed by atoms with Gasteiger partial charge in [0.1, 0.15) is 0 Å². The first-order chi connectivity index (χ1) is 6.65. The van der Waals surface area contributed by atoms with Gasteiger partial charge in [-0.1, -0.05) is 25.7 Å². The summed E-state index contributed by atoms with van der Waals surface area (Å²) < 4.78 is 1.81. The van der Waals surface area contributed by atoms with Gasteiger partial charge >= 0.3 is 0 Å². The summed E-state index contributed by atoms with van der Waals surface area (Å²) in [5, 5.41) is 4.37. The molecule has 0 N–H and O–H groups in total. The number of nitrogens with zero attached hydrogens (tertiary/aromatic N) is 2. The average Bonchev–Trinajstić information content (AvgIpc) is 2.47. The first-order valence-corrected chi connectivity index (χ1v) is 5.27. The van der Waals surface area contributed by atoms with Crippen LogP contribution in [0.3, 0.4) is 0 Å². The summed E-state index contributed by atoms with van der Waals surface area (Å²) in [4.78, 5) is 0. The van der Waals surface area contributed by atoms with Gasteiger partial charge in [-0.25, -0.2) is 0 Å². The molecular formula is C11H15ClN2. The lowest BCUT2D eigenvalue weighted by molar-refractivity contribution is 0.713. The fraction of sp³-hybridized carbons (Fsp3) is 0.545. The van der Waals surface area contributed by atoms with Crippen molar-refractivity contribution in [2.45, 2.75) is 26.2 Å². The molecule has 1 heterocycles. The molecule has 0 bridgehead atoms. The molecule has 0 aliphatic rings. The van der Waals surface area contributed by atoms with Gasteiger partial charge in [0.15, 0.2) is 0 Å². The molecule has 14 heavy (non-hydrogen) atoms. The molecule has 0 aliphatic carbocycles. The highest BCUT2D eigenvalue weighted by Gasteiger charge is 2.08. The minimum absolute atomic E-state index is 0.413. The molecule has 0 radical (unpaired) electrons. The van der Waals surface area contributed by atoms with Crippen molar-refractivity contribution in [2.24, 2.45) is 7.05 Å². The molecule has 3 heteroatoms. The normalized spacial score (nSPS) is 10.1. The smallest absolute Gasteiger partial charge is 0.0806 e. The summed E-state index contributed by atoms with van der Waals surface area (Å²) in [5.74, 6) is 7.12. The Morgan fingerprint density at radius 3 is 2.86 bits per heavy atom. The molecule has 0 saturated heterocycles. The van der Waals surface area contributed by atoms with Gasteiger partial charge in [-0.3, -0.25) is 4.68 Å². The van der Waals surface area contributed by atoms with Crippen LogP contribution in [0.4, 0.5) is 0 Å². The maximum Gasteiger partial charge on any atom is 0.0806 e. The Bertz CT molecular complexity index is 355. The van der Waals surface area contributed by atoms with Gasteiger partial charge in [-0.05, 0) is 5.92 Å². The van der Waals surface area contributed by atoms with Gasteiger partial charge in [-0.2, -0.15) is 5.10 Å². The molecule has 1 aromatic heterocycles. The van der Waals surface area contributed by atoms with Crippen LogP contribution >= 0.6 is 11.6 Å². The molecule has 76 valence electrons. The molecule has 0 saturated carbocycles. The predicted octanol–water partition coefficient (Wildman–Crippen LogP) is 2.52. The molecular weight excluding hydrogens is 196 g/mol. The fourth-order valence-electron chi connectivity index (χ4n) is 1.23. The van der Waals surface area contributed by atoms with Crippen LogP contribution in [-0.4, -0.2) is 15.7 Å². The molecule has 2 nitrogen and oxygen atoms in total. The number of hydrogen-bond donors (Lipinski definition) is 0. The molecule has 0 unspecified atom stereocenters. The van der Waals surface area contributed by atoms with Crippen molar-refractivity contribution < 1.29 is 0 Å². The number of hydrogen-bond acceptors (Lipinski definition) is 1. The van der Waals surface area contributed by atoms with E-state index in [1.807, 2.05) is 13.2 Å². The first kappa shape index (κ1) is 11.1. The third-order valence-electron chi connectivity index (χ3n) is 1.85. The zero-order valence-corrected chi connectivity index (χ0v) is 9.60. The summed E-state index contributed by atoms with van der Waals surface area (Å²) in [6.45, 7) is 4.24. The maximum absolute atomic E-state index is 5.55. The molecule has 0 spiro atoms. The highest BCUT2D eigenvalue weighted by atomic mass is 35.5. The highest BCUT2D eigenvalue weighted by molar-refractivity contribution is 6.18. The fourth-order valence-corrected chi connectivity index (χ4v) is 1.33. The summed E-state index contributed by atoms with van der Waals surface area (Å²) in [5.41, 5.74) is 2.09. The standard InChI is InChI=1S/C11H15ClN2/c1-9(2)11-10(6-4-5-7-12)8-14(3)13-11/h8-9H,5,7H2,1-3H3. The van der Waals surface area contributed by atoms with E-state index in [9.17, 15) is 0 Å². The third kappa shape index (κ3) is 2.78. The Morgan fingerprint density at radius 2 is 2.29 bits per heavy atom. The molecule has 0 atom stereocenters. The number of aryl methyl sites for hydroxylation is 1. The molecule has 1 aromatic rings.